The molecule has 3 rings (SSSR count). The highest BCUT2D eigenvalue weighted by atomic mass is 16.2. The predicted molar refractivity (Wildman–Crippen MR) is 98.4 cm³/mol. The van der Waals surface area contributed by atoms with Crippen molar-refractivity contribution in [1.82, 2.24) is 5.43 Å². The molecule has 1 aliphatic carbocycles. The van der Waals surface area contributed by atoms with Gasteiger partial charge in [0, 0.05) is 18.5 Å². The van der Waals surface area contributed by atoms with E-state index in [1.807, 2.05) is 49.4 Å². The van der Waals surface area contributed by atoms with Crippen molar-refractivity contribution in [2.45, 2.75) is 26.2 Å². The maximum atomic E-state index is 12.2. The summed E-state index contributed by atoms with van der Waals surface area (Å²) in [4.78, 5) is 23.3. The number of nitrogens with zero attached hydrogens (tertiary/aromatic N) is 1. The number of carbonyl (C=O) groups excluding carboxylic acids is 2. The SMILES string of the molecule is CC(=O)Nc1ccc(/C(C)=N\NC(=O)C2CC2c2ccccc2)cc1. The third-order valence-corrected chi connectivity index (χ3v) is 4.31. The predicted octanol–water partition coefficient (Wildman–Crippen LogP) is 3.29. The topological polar surface area (TPSA) is 70.6 Å². The van der Waals surface area contributed by atoms with Gasteiger partial charge in [-0.15, -0.1) is 0 Å². The summed E-state index contributed by atoms with van der Waals surface area (Å²) in [6.07, 6.45) is 0.871. The van der Waals surface area contributed by atoms with Crippen LogP contribution in [0.5, 0.6) is 0 Å². The summed E-state index contributed by atoms with van der Waals surface area (Å²) in [7, 11) is 0. The molecule has 0 aromatic heterocycles. The smallest absolute Gasteiger partial charge is 0.243 e. The average Bonchev–Trinajstić information content (AvgIpc) is 3.41. The maximum Gasteiger partial charge on any atom is 0.243 e. The van der Waals surface area contributed by atoms with E-state index in [0.29, 0.717) is 5.92 Å². The van der Waals surface area contributed by atoms with Crippen molar-refractivity contribution >= 4 is 23.2 Å². The molecule has 0 bridgehead atoms. The molecule has 2 aromatic carbocycles. The Labute approximate surface area is 147 Å². The number of hydrazone groups is 1. The Bertz CT molecular complexity index is 797. The summed E-state index contributed by atoms with van der Waals surface area (Å²) >= 11 is 0. The molecule has 25 heavy (non-hydrogen) atoms. The molecule has 1 saturated carbocycles. The molecule has 2 amide bonds. The van der Waals surface area contributed by atoms with Crippen LogP contribution >= 0.6 is 0 Å². The van der Waals surface area contributed by atoms with E-state index < -0.39 is 0 Å². The fourth-order valence-corrected chi connectivity index (χ4v) is 2.84. The summed E-state index contributed by atoms with van der Waals surface area (Å²) in [5.41, 5.74) is 6.22. The Balaban J connectivity index is 1.56. The van der Waals surface area contributed by atoms with Gasteiger partial charge in [0.2, 0.25) is 11.8 Å². The lowest BCUT2D eigenvalue weighted by Gasteiger charge is -2.05. The molecule has 1 fully saturated rings. The van der Waals surface area contributed by atoms with Gasteiger partial charge in [-0.2, -0.15) is 5.10 Å². The highest BCUT2D eigenvalue weighted by Gasteiger charge is 2.43. The molecule has 2 unspecified atom stereocenters. The van der Waals surface area contributed by atoms with Crippen LogP contribution in [0.4, 0.5) is 5.69 Å². The number of rotatable bonds is 5. The van der Waals surface area contributed by atoms with Crippen molar-refractivity contribution in [2.24, 2.45) is 11.0 Å². The van der Waals surface area contributed by atoms with Gasteiger partial charge in [-0.3, -0.25) is 9.59 Å². The summed E-state index contributed by atoms with van der Waals surface area (Å²) < 4.78 is 0. The highest BCUT2D eigenvalue weighted by molar-refractivity contribution is 6.00. The minimum Gasteiger partial charge on any atom is -0.326 e. The molecule has 0 aliphatic heterocycles. The van der Waals surface area contributed by atoms with E-state index in [2.05, 4.69) is 28.0 Å². The largest absolute Gasteiger partial charge is 0.326 e. The zero-order chi connectivity index (χ0) is 17.8. The number of amides is 2. The number of hydrogen-bond acceptors (Lipinski definition) is 3. The number of nitrogens with one attached hydrogen (secondary N) is 2. The summed E-state index contributed by atoms with van der Waals surface area (Å²) in [6, 6.07) is 17.4. The van der Waals surface area contributed by atoms with E-state index >= 15 is 0 Å². The van der Waals surface area contributed by atoms with Gasteiger partial charge in [-0.05, 0) is 42.5 Å². The van der Waals surface area contributed by atoms with E-state index in [1.165, 1.54) is 12.5 Å². The van der Waals surface area contributed by atoms with Gasteiger partial charge in [0.05, 0.1) is 5.71 Å². The lowest BCUT2D eigenvalue weighted by atomic mass is 10.1. The molecule has 128 valence electrons. The standard InChI is InChI=1S/C20H21N3O2/c1-13(15-8-10-17(11-9-15)21-14(2)24)22-23-20(25)19-12-18(19)16-6-4-3-5-7-16/h3-11,18-19H,12H2,1-2H3,(H,21,24)(H,23,25)/b22-13-. The third-order valence-electron chi connectivity index (χ3n) is 4.31. The molecule has 2 N–H and O–H groups in total. The molecular weight excluding hydrogens is 314 g/mol. The molecule has 1 aliphatic rings. The molecule has 5 nitrogen and oxygen atoms in total. The minimum atomic E-state index is -0.109. The van der Waals surface area contributed by atoms with Crippen LogP contribution in [0.2, 0.25) is 0 Å². The van der Waals surface area contributed by atoms with Crippen molar-refractivity contribution in [2.75, 3.05) is 5.32 Å². The van der Waals surface area contributed by atoms with Crippen LogP contribution < -0.4 is 10.7 Å². The second-order valence-electron chi connectivity index (χ2n) is 6.29. The van der Waals surface area contributed by atoms with E-state index in [9.17, 15) is 9.59 Å². The quantitative estimate of drug-likeness (QED) is 0.650. The van der Waals surface area contributed by atoms with E-state index in [1.54, 1.807) is 0 Å². The van der Waals surface area contributed by atoms with Crippen LogP contribution in [0, 0.1) is 5.92 Å². The average molecular weight is 335 g/mol. The van der Waals surface area contributed by atoms with Gasteiger partial charge in [-0.25, -0.2) is 5.43 Å². The number of benzene rings is 2. The van der Waals surface area contributed by atoms with Crippen LogP contribution in [0.1, 0.15) is 37.3 Å². The third kappa shape index (κ3) is 4.32. The van der Waals surface area contributed by atoms with Crippen LogP contribution in [0.25, 0.3) is 0 Å². The lowest BCUT2D eigenvalue weighted by Crippen LogP contribution is -2.21. The van der Waals surface area contributed by atoms with E-state index in [0.717, 1.165) is 23.4 Å². The van der Waals surface area contributed by atoms with E-state index in [4.69, 9.17) is 0 Å². The highest BCUT2D eigenvalue weighted by Crippen LogP contribution is 2.47. The van der Waals surface area contributed by atoms with Crippen LogP contribution in [-0.4, -0.2) is 17.5 Å². The Hall–Kier alpha value is -2.95. The normalized spacial score (nSPS) is 19.2. The number of hydrogen-bond donors (Lipinski definition) is 2. The maximum absolute atomic E-state index is 12.2. The second kappa shape index (κ2) is 7.30. The fourth-order valence-electron chi connectivity index (χ4n) is 2.84. The molecule has 0 saturated heterocycles. The first-order valence-corrected chi connectivity index (χ1v) is 8.31. The first-order valence-electron chi connectivity index (χ1n) is 8.31. The second-order valence-corrected chi connectivity index (χ2v) is 6.29. The number of carbonyl (C=O) groups is 2. The molecule has 2 aromatic rings. The van der Waals surface area contributed by atoms with Gasteiger partial charge in [0.25, 0.3) is 0 Å². The van der Waals surface area contributed by atoms with Gasteiger partial charge in [0.1, 0.15) is 0 Å². The lowest BCUT2D eigenvalue weighted by molar-refractivity contribution is -0.122. The van der Waals surface area contributed by atoms with Crippen LogP contribution in [-0.2, 0) is 9.59 Å². The molecule has 0 heterocycles. The summed E-state index contributed by atoms with van der Waals surface area (Å²) in [5.74, 6) is 0.153. The minimum absolute atomic E-state index is 0.00101. The molecule has 0 spiro atoms. The van der Waals surface area contributed by atoms with Crippen molar-refractivity contribution in [1.29, 1.82) is 0 Å². The summed E-state index contributed by atoms with van der Waals surface area (Å²) in [5, 5.41) is 6.92. The molecular formula is C20H21N3O2. The van der Waals surface area contributed by atoms with Gasteiger partial charge < -0.3 is 5.32 Å². The van der Waals surface area contributed by atoms with Crippen LogP contribution in [0.15, 0.2) is 59.7 Å². The van der Waals surface area contributed by atoms with Crippen LogP contribution in [0.3, 0.4) is 0 Å². The van der Waals surface area contributed by atoms with E-state index in [-0.39, 0.29) is 17.7 Å². The van der Waals surface area contributed by atoms with Crippen molar-refractivity contribution in [3.8, 4) is 0 Å². The van der Waals surface area contributed by atoms with Crippen molar-refractivity contribution < 1.29 is 9.59 Å². The first kappa shape index (κ1) is 16.9. The fraction of sp³-hybridized carbons (Fsp3) is 0.250. The van der Waals surface area contributed by atoms with Crippen molar-refractivity contribution in [3.63, 3.8) is 0 Å². The van der Waals surface area contributed by atoms with Gasteiger partial charge >= 0.3 is 0 Å². The van der Waals surface area contributed by atoms with Gasteiger partial charge in [-0.1, -0.05) is 42.5 Å². The molecule has 2 atom stereocenters. The Morgan fingerprint density at radius 1 is 1.00 bits per heavy atom. The Kier molecular flexibility index (Phi) is 4.93. The monoisotopic (exact) mass is 335 g/mol. The first-order chi connectivity index (χ1) is 12.0. The zero-order valence-electron chi connectivity index (χ0n) is 14.3. The van der Waals surface area contributed by atoms with Crippen molar-refractivity contribution in [3.05, 3.63) is 65.7 Å². The van der Waals surface area contributed by atoms with Gasteiger partial charge in [0.15, 0.2) is 0 Å². The summed E-state index contributed by atoms with van der Waals surface area (Å²) in [6.45, 7) is 3.31. The molecule has 0 radical (unpaired) electrons. The Morgan fingerprint density at radius 2 is 1.68 bits per heavy atom. The Morgan fingerprint density at radius 3 is 2.32 bits per heavy atom. The molecule has 5 heteroatoms. The number of anilines is 1. The zero-order valence-corrected chi connectivity index (χ0v) is 14.3.